The van der Waals surface area contributed by atoms with E-state index in [2.05, 4.69) is 5.32 Å². The highest BCUT2D eigenvalue weighted by Crippen LogP contribution is 1.93. The first-order chi connectivity index (χ1) is 7.61. The lowest BCUT2D eigenvalue weighted by Crippen LogP contribution is -2.41. The largest absolute Gasteiger partial charge is 0.480 e. The van der Waals surface area contributed by atoms with Crippen molar-refractivity contribution in [3.63, 3.8) is 0 Å². The molecule has 3 N–H and O–H groups in total. The number of aliphatic hydroxyl groups is 1. The quantitative estimate of drug-likeness (QED) is 0.477. The molecular formula is C10H19NO5. The number of carboxylic acid groups (broad SMARTS) is 1. The zero-order chi connectivity index (χ0) is 12.4. The third-order valence-electron chi connectivity index (χ3n) is 1.87. The normalized spacial score (nSPS) is 12.1. The predicted octanol–water partition coefficient (Wildman–Crippen LogP) is -0.245. The molecule has 6 heteroatoms. The van der Waals surface area contributed by atoms with Gasteiger partial charge in [-0.3, -0.25) is 4.79 Å². The molecule has 16 heavy (non-hydrogen) atoms. The maximum atomic E-state index is 11.3. The zero-order valence-corrected chi connectivity index (χ0v) is 9.44. The van der Waals surface area contributed by atoms with Gasteiger partial charge in [-0.2, -0.15) is 0 Å². The van der Waals surface area contributed by atoms with Gasteiger partial charge in [0.2, 0.25) is 5.91 Å². The summed E-state index contributed by atoms with van der Waals surface area (Å²) in [5.41, 5.74) is 0. The maximum Gasteiger partial charge on any atom is 0.326 e. The van der Waals surface area contributed by atoms with E-state index in [1.165, 1.54) is 0 Å². The van der Waals surface area contributed by atoms with E-state index < -0.39 is 12.0 Å². The Morgan fingerprint density at radius 3 is 2.56 bits per heavy atom. The van der Waals surface area contributed by atoms with Crippen LogP contribution >= 0.6 is 0 Å². The van der Waals surface area contributed by atoms with Gasteiger partial charge in [0.15, 0.2) is 0 Å². The standard InChI is InChI=1S/C10H19NO5/c1-2-6-16-7-4-9(13)11-8(3-5-12)10(14)15/h8,12H,2-7H2,1H3,(H,11,13)(H,14,15)/t8-/m0/s1. The first-order valence-electron chi connectivity index (χ1n) is 5.32. The van der Waals surface area contributed by atoms with Crippen LogP contribution in [0.15, 0.2) is 0 Å². The van der Waals surface area contributed by atoms with Gasteiger partial charge in [-0.1, -0.05) is 6.92 Å². The fourth-order valence-electron chi connectivity index (χ4n) is 1.06. The second-order valence-corrected chi connectivity index (χ2v) is 3.33. The number of ether oxygens (including phenoxy) is 1. The van der Waals surface area contributed by atoms with Crippen molar-refractivity contribution < 1.29 is 24.5 Å². The second kappa shape index (κ2) is 9.11. The molecular weight excluding hydrogens is 214 g/mol. The van der Waals surface area contributed by atoms with Crippen LogP contribution in [-0.4, -0.2) is 48.0 Å². The van der Waals surface area contributed by atoms with Crippen LogP contribution in [0.3, 0.4) is 0 Å². The molecule has 0 aliphatic heterocycles. The summed E-state index contributed by atoms with van der Waals surface area (Å²) in [7, 11) is 0. The summed E-state index contributed by atoms with van der Waals surface area (Å²) >= 11 is 0. The van der Waals surface area contributed by atoms with Crippen LogP contribution in [0.1, 0.15) is 26.2 Å². The summed E-state index contributed by atoms with van der Waals surface area (Å²) in [4.78, 5) is 21.9. The highest BCUT2D eigenvalue weighted by atomic mass is 16.5. The summed E-state index contributed by atoms with van der Waals surface area (Å²) in [6.07, 6.45) is 1.02. The number of nitrogens with one attached hydrogen (secondary N) is 1. The van der Waals surface area contributed by atoms with Crippen molar-refractivity contribution in [2.45, 2.75) is 32.2 Å². The molecule has 0 aromatic rings. The summed E-state index contributed by atoms with van der Waals surface area (Å²) < 4.78 is 5.10. The number of hydrogen-bond acceptors (Lipinski definition) is 4. The number of hydrogen-bond donors (Lipinski definition) is 3. The average molecular weight is 233 g/mol. The van der Waals surface area contributed by atoms with Crippen molar-refractivity contribution in [1.29, 1.82) is 0 Å². The van der Waals surface area contributed by atoms with Crippen LogP contribution in [0.5, 0.6) is 0 Å². The Bertz CT molecular complexity index is 219. The number of carbonyl (C=O) groups is 2. The van der Waals surface area contributed by atoms with Crippen LogP contribution in [0.4, 0.5) is 0 Å². The molecule has 0 aliphatic rings. The lowest BCUT2D eigenvalue weighted by Gasteiger charge is -2.12. The number of rotatable bonds is 9. The SMILES string of the molecule is CCCOCCC(=O)N[C@@H](CCO)C(=O)O. The van der Waals surface area contributed by atoms with Crippen molar-refractivity contribution in [2.24, 2.45) is 0 Å². The zero-order valence-electron chi connectivity index (χ0n) is 9.44. The highest BCUT2D eigenvalue weighted by molar-refractivity contribution is 5.83. The number of aliphatic carboxylic acids is 1. The van der Waals surface area contributed by atoms with Gasteiger partial charge in [0.25, 0.3) is 0 Å². The van der Waals surface area contributed by atoms with Crippen LogP contribution in [0, 0.1) is 0 Å². The minimum Gasteiger partial charge on any atom is -0.480 e. The molecule has 0 radical (unpaired) electrons. The van der Waals surface area contributed by atoms with Gasteiger partial charge in [-0.25, -0.2) is 4.79 Å². The Morgan fingerprint density at radius 1 is 1.38 bits per heavy atom. The van der Waals surface area contributed by atoms with E-state index in [0.717, 1.165) is 6.42 Å². The topological polar surface area (TPSA) is 95.9 Å². The molecule has 1 amide bonds. The number of carbonyl (C=O) groups excluding carboxylic acids is 1. The first kappa shape index (κ1) is 14.9. The van der Waals surface area contributed by atoms with Crippen molar-refractivity contribution in [3.8, 4) is 0 Å². The second-order valence-electron chi connectivity index (χ2n) is 3.33. The van der Waals surface area contributed by atoms with E-state index >= 15 is 0 Å². The molecule has 0 saturated carbocycles. The molecule has 6 nitrogen and oxygen atoms in total. The molecule has 0 saturated heterocycles. The minimum atomic E-state index is -1.14. The Hall–Kier alpha value is -1.14. The Labute approximate surface area is 94.6 Å². The molecule has 94 valence electrons. The Balaban J connectivity index is 3.77. The summed E-state index contributed by atoms with van der Waals surface area (Å²) in [6, 6.07) is -1.02. The molecule has 0 aliphatic carbocycles. The maximum absolute atomic E-state index is 11.3. The molecule has 0 heterocycles. The van der Waals surface area contributed by atoms with Crippen molar-refractivity contribution in [1.82, 2.24) is 5.32 Å². The van der Waals surface area contributed by atoms with Gasteiger partial charge in [0.1, 0.15) is 6.04 Å². The lowest BCUT2D eigenvalue weighted by molar-refractivity contribution is -0.142. The average Bonchev–Trinajstić information content (AvgIpc) is 2.23. The minimum absolute atomic E-state index is 0.0108. The molecule has 0 unspecified atom stereocenters. The van der Waals surface area contributed by atoms with Gasteiger partial charge < -0.3 is 20.3 Å². The molecule has 0 aromatic carbocycles. The third-order valence-corrected chi connectivity index (χ3v) is 1.87. The van der Waals surface area contributed by atoms with Crippen LogP contribution < -0.4 is 5.32 Å². The molecule has 0 aromatic heterocycles. The van der Waals surface area contributed by atoms with Crippen molar-refractivity contribution in [3.05, 3.63) is 0 Å². The van der Waals surface area contributed by atoms with E-state index in [4.69, 9.17) is 14.9 Å². The predicted molar refractivity (Wildman–Crippen MR) is 57.0 cm³/mol. The van der Waals surface area contributed by atoms with Crippen LogP contribution in [-0.2, 0) is 14.3 Å². The highest BCUT2D eigenvalue weighted by Gasteiger charge is 2.18. The number of carboxylic acids is 1. The van der Waals surface area contributed by atoms with Crippen LogP contribution in [0.2, 0.25) is 0 Å². The van der Waals surface area contributed by atoms with Gasteiger partial charge in [0.05, 0.1) is 6.61 Å². The Kier molecular flexibility index (Phi) is 8.46. The van der Waals surface area contributed by atoms with Gasteiger partial charge >= 0.3 is 5.97 Å². The lowest BCUT2D eigenvalue weighted by atomic mass is 10.2. The monoisotopic (exact) mass is 233 g/mol. The van der Waals surface area contributed by atoms with E-state index in [1.807, 2.05) is 6.92 Å². The van der Waals surface area contributed by atoms with Gasteiger partial charge in [0, 0.05) is 26.1 Å². The Morgan fingerprint density at radius 2 is 2.06 bits per heavy atom. The van der Waals surface area contributed by atoms with Gasteiger partial charge in [-0.05, 0) is 6.42 Å². The van der Waals surface area contributed by atoms with E-state index in [0.29, 0.717) is 6.61 Å². The smallest absolute Gasteiger partial charge is 0.326 e. The van der Waals surface area contributed by atoms with Crippen molar-refractivity contribution >= 4 is 11.9 Å². The summed E-state index contributed by atoms with van der Waals surface area (Å²) in [5.74, 6) is -1.52. The fourth-order valence-corrected chi connectivity index (χ4v) is 1.06. The van der Waals surface area contributed by atoms with E-state index in [9.17, 15) is 9.59 Å². The van der Waals surface area contributed by atoms with Crippen LogP contribution in [0.25, 0.3) is 0 Å². The first-order valence-corrected chi connectivity index (χ1v) is 5.32. The molecule has 0 bridgehead atoms. The van der Waals surface area contributed by atoms with E-state index in [-0.39, 0.29) is 32.0 Å². The molecule has 0 spiro atoms. The summed E-state index contributed by atoms with van der Waals surface area (Å²) in [6.45, 7) is 2.56. The number of amides is 1. The van der Waals surface area contributed by atoms with Gasteiger partial charge in [-0.15, -0.1) is 0 Å². The molecule has 1 atom stereocenters. The fraction of sp³-hybridized carbons (Fsp3) is 0.800. The molecule has 0 fully saturated rings. The summed E-state index contributed by atoms with van der Waals surface area (Å²) in [5, 5.41) is 19.6. The number of aliphatic hydroxyl groups excluding tert-OH is 1. The van der Waals surface area contributed by atoms with Crippen molar-refractivity contribution in [2.75, 3.05) is 19.8 Å². The third kappa shape index (κ3) is 7.19. The molecule has 0 rings (SSSR count). The van der Waals surface area contributed by atoms with E-state index in [1.54, 1.807) is 0 Å².